The van der Waals surface area contributed by atoms with Crippen LogP contribution < -0.4 is 9.80 Å². The van der Waals surface area contributed by atoms with Crippen molar-refractivity contribution in [2.24, 2.45) is 0 Å². The zero-order valence-electron chi connectivity index (χ0n) is 19.7. The van der Waals surface area contributed by atoms with Gasteiger partial charge in [0.15, 0.2) is 0 Å². The summed E-state index contributed by atoms with van der Waals surface area (Å²) in [7, 11) is 0. The third-order valence-corrected chi connectivity index (χ3v) is 7.69. The minimum absolute atomic E-state index is 0.0734. The molecule has 36 heavy (non-hydrogen) atoms. The van der Waals surface area contributed by atoms with Crippen LogP contribution in [0.4, 0.5) is 21.9 Å². The van der Waals surface area contributed by atoms with E-state index in [1.807, 2.05) is 36.6 Å². The Kier molecular flexibility index (Phi) is 6.36. The van der Waals surface area contributed by atoms with Crippen molar-refractivity contribution >= 4 is 57.6 Å². The predicted octanol–water partition coefficient (Wildman–Crippen LogP) is 6.50. The van der Waals surface area contributed by atoms with Gasteiger partial charge in [0.2, 0.25) is 0 Å². The molecule has 2 aliphatic heterocycles. The lowest BCUT2D eigenvalue weighted by molar-refractivity contribution is -0.384. The lowest BCUT2D eigenvalue weighted by Crippen LogP contribution is -2.27. The number of para-hydroxylation sites is 1. The Morgan fingerprint density at radius 2 is 1.75 bits per heavy atom. The van der Waals surface area contributed by atoms with E-state index in [1.54, 1.807) is 36.4 Å². The molecule has 10 heteroatoms. The number of rotatable bonds is 5. The maximum absolute atomic E-state index is 13.1. The number of carbonyl (C=O) groups excluding carboxylic acids is 2. The highest BCUT2D eigenvalue weighted by atomic mass is 35.5. The lowest BCUT2D eigenvalue weighted by Gasteiger charge is -2.19. The molecule has 0 N–H and O–H groups in total. The van der Waals surface area contributed by atoms with Gasteiger partial charge in [-0.15, -0.1) is 0 Å². The highest BCUT2D eigenvalue weighted by molar-refractivity contribution is 8.19. The van der Waals surface area contributed by atoms with Crippen LogP contribution in [-0.4, -0.2) is 33.7 Å². The molecule has 2 aliphatic rings. The summed E-state index contributed by atoms with van der Waals surface area (Å²) in [6, 6.07) is 13.9. The molecule has 0 bridgehead atoms. The molecule has 0 unspecified atom stereocenters. The second-order valence-corrected chi connectivity index (χ2v) is 10.2. The average molecular weight is 523 g/mol. The number of anilines is 2. The van der Waals surface area contributed by atoms with E-state index in [0.717, 1.165) is 59.5 Å². The van der Waals surface area contributed by atoms with Gasteiger partial charge in [-0.3, -0.25) is 19.7 Å². The van der Waals surface area contributed by atoms with Gasteiger partial charge >= 0.3 is 0 Å². The Bertz CT molecular complexity index is 1440. The maximum Gasteiger partial charge on any atom is 0.298 e. The number of thioether (sulfide) groups is 1. The number of hydrogen-bond donors (Lipinski definition) is 0. The number of halogens is 1. The second kappa shape index (κ2) is 9.48. The molecule has 5 rings (SSSR count). The first kappa shape index (κ1) is 24.1. The molecule has 184 valence electrons. The van der Waals surface area contributed by atoms with E-state index in [2.05, 4.69) is 4.90 Å². The van der Waals surface area contributed by atoms with Crippen LogP contribution in [0.5, 0.6) is 0 Å². The van der Waals surface area contributed by atoms with E-state index < -0.39 is 11.1 Å². The molecule has 8 nitrogen and oxygen atoms in total. The number of nitro groups is 1. The predicted molar refractivity (Wildman–Crippen MR) is 143 cm³/mol. The summed E-state index contributed by atoms with van der Waals surface area (Å²) in [5.41, 5.74) is 4.14. The smallest absolute Gasteiger partial charge is 0.298 e. The minimum atomic E-state index is -0.437. The first-order valence-corrected chi connectivity index (χ1v) is 12.7. The molecule has 3 aromatic rings. The van der Waals surface area contributed by atoms with Gasteiger partial charge in [-0.1, -0.05) is 23.7 Å². The highest BCUT2D eigenvalue weighted by Crippen LogP contribution is 2.39. The van der Waals surface area contributed by atoms with E-state index in [1.165, 1.54) is 0 Å². The van der Waals surface area contributed by atoms with Crippen molar-refractivity contribution in [3.8, 4) is 5.69 Å². The number of carbonyl (C=O) groups is 2. The van der Waals surface area contributed by atoms with Crippen LogP contribution in [0.25, 0.3) is 11.8 Å². The summed E-state index contributed by atoms with van der Waals surface area (Å²) in [5.74, 6) is -0.437. The molecule has 0 radical (unpaired) electrons. The summed E-state index contributed by atoms with van der Waals surface area (Å²) in [4.78, 5) is 40.7. The average Bonchev–Trinajstić information content (AvgIpc) is 3.54. The maximum atomic E-state index is 13.1. The van der Waals surface area contributed by atoms with Crippen LogP contribution in [0.3, 0.4) is 0 Å². The van der Waals surface area contributed by atoms with Gasteiger partial charge in [-0.25, -0.2) is 4.90 Å². The Hall–Kier alpha value is -3.56. The lowest BCUT2D eigenvalue weighted by atomic mass is 10.2. The summed E-state index contributed by atoms with van der Waals surface area (Å²) < 4.78 is 1.92. The number of amides is 2. The first-order valence-electron chi connectivity index (χ1n) is 11.5. The van der Waals surface area contributed by atoms with Gasteiger partial charge in [0.25, 0.3) is 16.8 Å². The molecule has 0 aliphatic carbocycles. The van der Waals surface area contributed by atoms with E-state index >= 15 is 0 Å². The van der Waals surface area contributed by atoms with Crippen molar-refractivity contribution in [3.05, 3.63) is 85.5 Å². The van der Waals surface area contributed by atoms with E-state index in [-0.39, 0.29) is 15.5 Å². The van der Waals surface area contributed by atoms with Gasteiger partial charge in [0.1, 0.15) is 5.69 Å². The molecule has 2 aromatic carbocycles. The Labute approximate surface area is 217 Å². The monoisotopic (exact) mass is 522 g/mol. The molecule has 2 fully saturated rings. The number of hydrogen-bond acceptors (Lipinski definition) is 6. The molecule has 0 spiro atoms. The zero-order valence-corrected chi connectivity index (χ0v) is 21.3. The SMILES string of the molecule is Cc1cc(/C=C2\SC(=O)N(c3ccccc3Cl)C2=O)c(C)n1-c1ccc(N2CCCC2)c([N+](=O)[O-])c1. The van der Waals surface area contributed by atoms with Gasteiger partial charge in [0, 0.05) is 30.5 Å². The van der Waals surface area contributed by atoms with E-state index in [4.69, 9.17) is 11.6 Å². The summed E-state index contributed by atoms with van der Waals surface area (Å²) in [5, 5.41) is 11.8. The van der Waals surface area contributed by atoms with Gasteiger partial charge in [-0.05, 0) is 80.4 Å². The number of imide groups is 1. The van der Waals surface area contributed by atoms with Crippen LogP contribution in [0, 0.1) is 24.0 Å². The quantitative estimate of drug-likeness (QED) is 0.216. The number of nitrogens with zero attached hydrogens (tertiary/aromatic N) is 4. The normalized spacial score (nSPS) is 17.0. The van der Waals surface area contributed by atoms with Gasteiger partial charge < -0.3 is 9.47 Å². The van der Waals surface area contributed by atoms with Crippen molar-refractivity contribution in [3.63, 3.8) is 0 Å². The second-order valence-electron chi connectivity index (χ2n) is 8.75. The molecule has 3 heterocycles. The van der Waals surface area contributed by atoms with Gasteiger partial charge in [0.05, 0.1) is 26.2 Å². The van der Waals surface area contributed by atoms with E-state index in [9.17, 15) is 19.7 Å². The fraction of sp³-hybridized carbons (Fsp3) is 0.231. The van der Waals surface area contributed by atoms with Gasteiger partial charge in [-0.2, -0.15) is 0 Å². The molecule has 2 amide bonds. The summed E-state index contributed by atoms with van der Waals surface area (Å²) in [6.45, 7) is 5.42. The van der Waals surface area contributed by atoms with Crippen LogP contribution in [0.1, 0.15) is 29.8 Å². The molecular weight excluding hydrogens is 500 g/mol. The van der Waals surface area contributed by atoms with E-state index in [0.29, 0.717) is 22.1 Å². The van der Waals surface area contributed by atoms with Crippen LogP contribution >= 0.6 is 23.4 Å². The summed E-state index contributed by atoms with van der Waals surface area (Å²) in [6.07, 6.45) is 3.74. The van der Waals surface area contributed by atoms with Crippen molar-refractivity contribution in [2.45, 2.75) is 26.7 Å². The van der Waals surface area contributed by atoms with Crippen molar-refractivity contribution in [1.82, 2.24) is 4.57 Å². The molecule has 1 aromatic heterocycles. The van der Waals surface area contributed by atoms with Crippen molar-refractivity contribution in [2.75, 3.05) is 22.9 Å². The number of aryl methyl sites for hydroxylation is 1. The first-order chi connectivity index (χ1) is 17.3. The molecular formula is C26H23ClN4O4S. The third-order valence-electron chi connectivity index (χ3n) is 6.50. The van der Waals surface area contributed by atoms with Crippen LogP contribution in [0.15, 0.2) is 53.4 Å². The van der Waals surface area contributed by atoms with Crippen LogP contribution in [0.2, 0.25) is 5.02 Å². The molecule has 2 saturated heterocycles. The number of nitro benzene ring substituents is 1. The fourth-order valence-electron chi connectivity index (χ4n) is 4.80. The topological polar surface area (TPSA) is 88.7 Å². The number of benzene rings is 2. The summed E-state index contributed by atoms with van der Waals surface area (Å²) >= 11 is 7.08. The van der Waals surface area contributed by atoms with Crippen LogP contribution in [-0.2, 0) is 4.79 Å². The molecule has 0 atom stereocenters. The zero-order chi connectivity index (χ0) is 25.6. The van der Waals surface area contributed by atoms with Crippen molar-refractivity contribution < 1.29 is 14.5 Å². The Balaban J connectivity index is 1.50. The Morgan fingerprint density at radius 1 is 1.03 bits per heavy atom. The third kappa shape index (κ3) is 4.18. The Morgan fingerprint density at radius 3 is 2.44 bits per heavy atom. The fourth-order valence-corrected chi connectivity index (χ4v) is 5.85. The largest absolute Gasteiger partial charge is 0.366 e. The number of aromatic nitrogens is 1. The minimum Gasteiger partial charge on any atom is -0.366 e. The molecule has 0 saturated carbocycles. The van der Waals surface area contributed by atoms with Crippen molar-refractivity contribution in [1.29, 1.82) is 0 Å². The standard InChI is InChI=1S/C26H23ClN4O4S/c1-16-13-18(14-24-25(32)30(26(33)36-24)21-8-4-3-7-20(21)27)17(2)29(16)19-9-10-22(23(15-19)31(34)35)28-11-5-6-12-28/h3-4,7-10,13-15H,5-6,11-12H2,1-2H3/b24-14-. The highest BCUT2D eigenvalue weighted by Gasteiger charge is 2.37.